The molecule has 3 aromatic rings. The average Bonchev–Trinajstić information content (AvgIpc) is 3.08. The third-order valence-corrected chi connectivity index (χ3v) is 4.83. The first kappa shape index (κ1) is 20.7. The Bertz CT molecular complexity index is 1030. The Morgan fingerprint density at radius 3 is 2.76 bits per heavy atom. The molecule has 1 aromatic heterocycles. The van der Waals surface area contributed by atoms with Crippen LogP contribution in [0.5, 0.6) is 5.75 Å². The molecule has 0 aliphatic carbocycles. The van der Waals surface area contributed by atoms with E-state index in [-0.39, 0.29) is 11.7 Å². The van der Waals surface area contributed by atoms with Crippen LogP contribution in [0.25, 0.3) is 11.4 Å². The van der Waals surface area contributed by atoms with Gasteiger partial charge in [-0.2, -0.15) is 5.10 Å². The Morgan fingerprint density at radius 1 is 1.28 bits per heavy atom. The SMILES string of the molecule is Cc1cccc(-c2n[nH]c(=S)n2CCC(=O)N(C)CCOc2ccc(F)cc2)c1. The fourth-order valence-electron chi connectivity index (χ4n) is 2.88. The van der Waals surface area contributed by atoms with Crippen molar-refractivity contribution in [2.45, 2.75) is 19.9 Å². The van der Waals surface area contributed by atoms with Gasteiger partial charge in [0.1, 0.15) is 18.2 Å². The number of rotatable bonds is 8. The number of halogens is 1. The number of aromatic nitrogens is 3. The quantitative estimate of drug-likeness (QED) is 0.567. The molecule has 3 rings (SSSR count). The highest BCUT2D eigenvalue weighted by molar-refractivity contribution is 7.71. The topological polar surface area (TPSA) is 63.2 Å². The molecule has 0 saturated carbocycles. The molecule has 29 heavy (non-hydrogen) atoms. The number of hydrogen-bond acceptors (Lipinski definition) is 4. The number of ether oxygens (including phenoxy) is 1. The van der Waals surface area contributed by atoms with Crippen LogP contribution in [0.15, 0.2) is 48.5 Å². The van der Waals surface area contributed by atoms with E-state index < -0.39 is 0 Å². The van der Waals surface area contributed by atoms with Gasteiger partial charge in [0.25, 0.3) is 0 Å². The molecule has 0 saturated heterocycles. The largest absolute Gasteiger partial charge is 0.492 e. The standard InChI is InChI=1S/C21H23FN4O2S/c1-15-4-3-5-16(14-15)20-23-24-21(29)26(20)11-10-19(27)25(2)12-13-28-18-8-6-17(22)7-9-18/h3-9,14H,10-13H2,1-2H3,(H,24,29). The lowest BCUT2D eigenvalue weighted by Gasteiger charge is -2.18. The lowest BCUT2D eigenvalue weighted by atomic mass is 10.1. The van der Waals surface area contributed by atoms with Gasteiger partial charge >= 0.3 is 0 Å². The van der Waals surface area contributed by atoms with Crippen LogP contribution in [0.3, 0.4) is 0 Å². The minimum absolute atomic E-state index is 0.0222. The molecule has 0 unspecified atom stereocenters. The summed E-state index contributed by atoms with van der Waals surface area (Å²) in [5, 5.41) is 7.12. The van der Waals surface area contributed by atoms with E-state index in [0.717, 1.165) is 11.1 Å². The molecule has 1 amide bonds. The summed E-state index contributed by atoms with van der Waals surface area (Å²) >= 11 is 5.33. The molecule has 0 radical (unpaired) electrons. The third-order valence-electron chi connectivity index (χ3n) is 4.52. The number of hydrogen-bond donors (Lipinski definition) is 1. The number of nitrogens with zero attached hydrogens (tertiary/aromatic N) is 3. The average molecular weight is 415 g/mol. The van der Waals surface area contributed by atoms with E-state index in [1.165, 1.54) is 12.1 Å². The summed E-state index contributed by atoms with van der Waals surface area (Å²) < 4.78 is 20.8. The number of likely N-dealkylation sites (N-methyl/N-ethyl adjacent to an activating group) is 1. The molecule has 8 heteroatoms. The summed E-state index contributed by atoms with van der Waals surface area (Å²) in [7, 11) is 1.73. The van der Waals surface area contributed by atoms with Gasteiger partial charge < -0.3 is 9.64 Å². The molecule has 1 heterocycles. The van der Waals surface area contributed by atoms with Gasteiger partial charge in [-0.1, -0.05) is 23.8 Å². The van der Waals surface area contributed by atoms with Gasteiger partial charge in [-0.25, -0.2) is 4.39 Å². The van der Waals surface area contributed by atoms with Crippen molar-refractivity contribution in [1.29, 1.82) is 0 Å². The van der Waals surface area contributed by atoms with Crippen molar-refractivity contribution < 1.29 is 13.9 Å². The number of aromatic amines is 1. The Kier molecular flexibility index (Phi) is 6.77. The van der Waals surface area contributed by atoms with Gasteiger partial charge in [0.05, 0.1) is 6.54 Å². The molecule has 0 bridgehead atoms. The number of H-pyrrole nitrogens is 1. The van der Waals surface area contributed by atoms with E-state index in [2.05, 4.69) is 10.2 Å². The number of carbonyl (C=O) groups is 1. The highest BCUT2D eigenvalue weighted by Gasteiger charge is 2.13. The lowest BCUT2D eigenvalue weighted by Crippen LogP contribution is -2.31. The van der Waals surface area contributed by atoms with E-state index in [0.29, 0.717) is 42.5 Å². The van der Waals surface area contributed by atoms with Crippen LogP contribution < -0.4 is 4.74 Å². The minimum Gasteiger partial charge on any atom is -0.492 e. The number of nitrogens with one attached hydrogen (secondary N) is 1. The van der Waals surface area contributed by atoms with Crippen molar-refractivity contribution in [3.63, 3.8) is 0 Å². The minimum atomic E-state index is -0.312. The molecular weight excluding hydrogens is 391 g/mol. The number of benzene rings is 2. The van der Waals surface area contributed by atoms with Gasteiger partial charge in [-0.3, -0.25) is 14.5 Å². The predicted octanol–water partition coefficient (Wildman–Crippen LogP) is 3.98. The van der Waals surface area contributed by atoms with Crippen molar-refractivity contribution in [3.8, 4) is 17.1 Å². The maximum Gasteiger partial charge on any atom is 0.224 e. The van der Waals surface area contributed by atoms with E-state index in [1.807, 2.05) is 35.8 Å². The normalized spacial score (nSPS) is 10.7. The predicted molar refractivity (Wildman–Crippen MR) is 112 cm³/mol. The Morgan fingerprint density at radius 2 is 2.03 bits per heavy atom. The van der Waals surface area contributed by atoms with Gasteiger partial charge in [0, 0.05) is 25.6 Å². The van der Waals surface area contributed by atoms with Gasteiger partial charge in [0.2, 0.25) is 5.91 Å². The zero-order chi connectivity index (χ0) is 20.8. The lowest BCUT2D eigenvalue weighted by molar-refractivity contribution is -0.130. The number of carbonyl (C=O) groups excluding carboxylic acids is 1. The summed E-state index contributed by atoms with van der Waals surface area (Å²) in [6, 6.07) is 13.8. The Labute approximate surface area is 173 Å². The molecule has 1 N–H and O–H groups in total. The van der Waals surface area contributed by atoms with Crippen molar-refractivity contribution >= 4 is 18.1 Å². The second-order valence-electron chi connectivity index (χ2n) is 6.74. The first-order chi connectivity index (χ1) is 13.9. The molecule has 0 fully saturated rings. The van der Waals surface area contributed by atoms with Crippen LogP contribution in [0.1, 0.15) is 12.0 Å². The fraction of sp³-hybridized carbons (Fsp3) is 0.286. The zero-order valence-corrected chi connectivity index (χ0v) is 17.2. The molecule has 0 aliphatic rings. The third kappa shape index (κ3) is 5.51. The number of amides is 1. The highest BCUT2D eigenvalue weighted by atomic mass is 32.1. The Balaban J connectivity index is 1.54. The van der Waals surface area contributed by atoms with Crippen molar-refractivity contribution in [2.24, 2.45) is 0 Å². The highest BCUT2D eigenvalue weighted by Crippen LogP contribution is 2.19. The van der Waals surface area contributed by atoms with Crippen LogP contribution in [0, 0.1) is 17.5 Å². The summed E-state index contributed by atoms with van der Waals surface area (Å²) in [5.41, 5.74) is 2.07. The zero-order valence-electron chi connectivity index (χ0n) is 16.4. The number of aryl methyl sites for hydroxylation is 1. The first-order valence-electron chi connectivity index (χ1n) is 9.28. The first-order valence-corrected chi connectivity index (χ1v) is 9.69. The van der Waals surface area contributed by atoms with E-state index >= 15 is 0 Å². The van der Waals surface area contributed by atoms with Gasteiger partial charge in [-0.05, 0) is 49.5 Å². The summed E-state index contributed by atoms with van der Waals surface area (Å²) in [5.74, 6) is 0.951. The Hall–Kier alpha value is -3.00. The van der Waals surface area contributed by atoms with Crippen LogP contribution in [0.2, 0.25) is 0 Å². The molecule has 6 nitrogen and oxygen atoms in total. The maximum atomic E-state index is 12.9. The van der Waals surface area contributed by atoms with Crippen molar-refractivity contribution in [3.05, 3.63) is 64.7 Å². The van der Waals surface area contributed by atoms with Gasteiger partial charge in [-0.15, -0.1) is 0 Å². The van der Waals surface area contributed by atoms with Crippen LogP contribution in [0.4, 0.5) is 4.39 Å². The van der Waals surface area contributed by atoms with E-state index in [4.69, 9.17) is 17.0 Å². The van der Waals surface area contributed by atoms with Crippen molar-refractivity contribution in [1.82, 2.24) is 19.7 Å². The maximum absolute atomic E-state index is 12.9. The smallest absolute Gasteiger partial charge is 0.224 e. The summed E-state index contributed by atoms with van der Waals surface area (Å²) in [4.78, 5) is 14.1. The molecular formula is C21H23FN4O2S. The summed E-state index contributed by atoms with van der Waals surface area (Å²) in [6.07, 6.45) is 0.291. The summed E-state index contributed by atoms with van der Waals surface area (Å²) in [6.45, 7) is 3.20. The van der Waals surface area contributed by atoms with Crippen LogP contribution in [-0.4, -0.2) is 45.8 Å². The van der Waals surface area contributed by atoms with Crippen molar-refractivity contribution in [2.75, 3.05) is 20.2 Å². The second kappa shape index (κ2) is 9.47. The molecule has 0 spiro atoms. The molecule has 0 aliphatic heterocycles. The van der Waals surface area contributed by atoms with Crippen LogP contribution >= 0.6 is 12.2 Å². The van der Waals surface area contributed by atoms with E-state index in [1.54, 1.807) is 24.1 Å². The monoisotopic (exact) mass is 414 g/mol. The van der Waals surface area contributed by atoms with Gasteiger partial charge in [0.15, 0.2) is 10.6 Å². The molecule has 152 valence electrons. The second-order valence-corrected chi connectivity index (χ2v) is 7.13. The van der Waals surface area contributed by atoms with Crippen LogP contribution in [-0.2, 0) is 11.3 Å². The fourth-order valence-corrected chi connectivity index (χ4v) is 3.11. The van der Waals surface area contributed by atoms with E-state index in [9.17, 15) is 9.18 Å². The molecule has 0 atom stereocenters. The molecule has 2 aromatic carbocycles.